The molecule has 21 heavy (non-hydrogen) atoms. The quantitative estimate of drug-likeness (QED) is 0.884. The van der Waals surface area contributed by atoms with Crippen molar-refractivity contribution < 1.29 is 9.13 Å². The van der Waals surface area contributed by atoms with Gasteiger partial charge in [0.05, 0.1) is 11.6 Å². The van der Waals surface area contributed by atoms with Crippen molar-refractivity contribution in [2.24, 2.45) is 0 Å². The molecule has 0 amide bonds. The van der Waals surface area contributed by atoms with Gasteiger partial charge in [0.25, 0.3) is 0 Å². The van der Waals surface area contributed by atoms with Crippen molar-refractivity contribution in [3.63, 3.8) is 0 Å². The number of benzene rings is 2. The standard InChI is InChI=1S/C17H17FN2O/c1-2-20-11-14-4-3-5-16(8-14)21-12-15-7-6-13(10-19)9-17(15)18/h3-9,20H,2,11-12H2,1H3. The van der Waals surface area contributed by atoms with Gasteiger partial charge in [0.15, 0.2) is 0 Å². The highest BCUT2D eigenvalue weighted by molar-refractivity contribution is 5.33. The molecule has 0 saturated carbocycles. The van der Waals surface area contributed by atoms with E-state index in [1.165, 1.54) is 6.07 Å². The molecule has 2 aromatic carbocycles. The van der Waals surface area contributed by atoms with Crippen molar-refractivity contribution >= 4 is 0 Å². The summed E-state index contributed by atoms with van der Waals surface area (Å²) in [6.07, 6.45) is 0. The van der Waals surface area contributed by atoms with Gasteiger partial charge in [0, 0.05) is 12.1 Å². The van der Waals surface area contributed by atoms with Crippen LogP contribution in [0.4, 0.5) is 4.39 Å². The van der Waals surface area contributed by atoms with E-state index < -0.39 is 5.82 Å². The van der Waals surface area contributed by atoms with Crippen LogP contribution >= 0.6 is 0 Å². The van der Waals surface area contributed by atoms with Gasteiger partial charge < -0.3 is 10.1 Å². The Labute approximate surface area is 124 Å². The normalized spacial score (nSPS) is 10.1. The fourth-order valence-corrected chi connectivity index (χ4v) is 1.91. The number of ether oxygens (including phenoxy) is 1. The lowest BCUT2D eigenvalue weighted by molar-refractivity contribution is 0.299. The molecular weight excluding hydrogens is 267 g/mol. The van der Waals surface area contributed by atoms with Crippen LogP contribution in [0.2, 0.25) is 0 Å². The average Bonchev–Trinajstić information content (AvgIpc) is 2.52. The van der Waals surface area contributed by atoms with Gasteiger partial charge in [-0.05, 0) is 36.4 Å². The molecule has 0 unspecified atom stereocenters. The van der Waals surface area contributed by atoms with Crippen LogP contribution in [0.15, 0.2) is 42.5 Å². The molecule has 0 heterocycles. The summed E-state index contributed by atoms with van der Waals surface area (Å²) in [6, 6.07) is 14.0. The number of nitrogens with one attached hydrogen (secondary N) is 1. The van der Waals surface area contributed by atoms with Crippen LogP contribution in [-0.4, -0.2) is 6.54 Å². The maximum atomic E-state index is 13.7. The van der Waals surface area contributed by atoms with Crippen LogP contribution < -0.4 is 10.1 Å². The van der Waals surface area contributed by atoms with Gasteiger partial charge in [0.2, 0.25) is 0 Å². The number of hydrogen-bond acceptors (Lipinski definition) is 3. The lowest BCUT2D eigenvalue weighted by Crippen LogP contribution is -2.11. The van der Waals surface area contributed by atoms with E-state index in [2.05, 4.69) is 5.32 Å². The first-order valence-electron chi connectivity index (χ1n) is 6.84. The van der Waals surface area contributed by atoms with Crippen molar-refractivity contribution in [1.82, 2.24) is 5.32 Å². The number of nitriles is 1. The Balaban J connectivity index is 2.01. The van der Waals surface area contributed by atoms with E-state index in [1.807, 2.05) is 37.3 Å². The second-order valence-electron chi connectivity index (χ2n) is 4.63. The summed E-state index contributed by atoms with van der Waals surface area (Å²) in [7, 11) is 0. The molecule has 0 aromatic heterocycles. The second-order valence-corrected chi connectivity index (χ2v) is 4.63. The molecule has 0 aliphatic rings. The molecule has 2 aromatic rings. The molecule has 0 fully saturated rings. The first-order valence-corrected chi connectivity index (χ1v) is 6.84. The molecule has 2 rings (SSSR count). The Kier molecular flexibility index (Phi) is 5.30. The molecule has 1 N–H and O–H groups in total. The van der Waals surface area contributed by atoms with E-state index >= 15 is 0 Å². The van der Waals surface area contributed by atoms with Gasteiger partial charge in [-0.15, -0.1) is 0 Å². The Morgan fingerprint density at radius 1 is 1.24 bits per heavy atom. The van der Waals surface area contributed by atoms with Gasteiger partial charge in [-0.2, -0.15) is 5.26 Å². The van der Waals surface area contributed by atoms with E-state index in [1.54, 1.807) is 12.1 Å². The van der Waals surface area contributed by atoms with Crippen molar-refractivity contribution in [2.75, 3.05) is 6.54 Å². The lowest BCUT2D eigenvalue weighted by atomic mass is 10.1. The minimum atomic E-state index is -0.419. The molecule has 0 aliphatic carbocycles. The van der Waals surface area contributed by atoms with Crippen molar-refractivity contribution in [1.29, 1.82) is 5.26 Å². The maximum absolute atomic E-state index is 13.7. The predicted octanol–water partition coefficient (Wildman–Crippen LogP) is 3.39. The van der Waals surface area contributed by atoms with Crippen molar-refractivity contribution in [3.05, 3.63) is 65.0 Å². The number of halogens is 1. The molecule has 0 atom stereocenters. The molecule has 0 saturated heterocycles. The van der Waals surface area contributed by atoms with Crippen LogP contribution in [0.3, 0.4) is 0 Å². The van der Waals surface area contributed by atoms with Crippen molar-refractivity contribution in [3.8, 4) is 11.8 Å². The zero-order chi connectivity index (χ0) is 15.1. The van der Waals surface area contributed by atoms with Crippen LogP contribution in [0, 0.1) is 17.1 Å². The third-order valence-corrected chi connectivity index (χ3v) is 3.05. The monoisotopic (exact) mass is 284 g/mol. The van der Waals surface area contributed by atoms with Gasteiger partial charge in [-0.3, -0.25) is 0 Å². The lowest BCUT2D eigenvalue weighted by Gasteiger charge is -2.09. The molecule has 108 valence electrons. The first-order chi connectivity index (χ1) is 10.2. The van der Waals surface area contributed by atoms with Crippen LogP contribution in [0.1, 0.15) is 23.6 Å². The van der Waals surface area contributed by atoms with Gasteiger partial charge in [-0.25, -0.2) is 4.39 Å². The summed E-state index contributed by atoms with van der Waals surface area (Å²) < 4.78 is 19.4. The molecule has 0 spiro atoms. The second kappa shape index (κ2) is 7.41. The number of rotatable bonds is 6. The third-order valence-electron chi connectivity index (χ3n) is 3.05. The SMILES string of the molecule is CCNCc1cccc(OCc2ccc(C#N)cc2F)c1. The van der Waals surface area contributed by atoms with Gasteiger partial charge in [-0.1, -0.05) is 25.1 Å². The minimum absolute atomic E-state index is 0.141. The summed E-state index contributed by atoms with van der Waals surface area (Å²) in [6.45, 7) is 3.87. The zero-order valence-corrected chi connectivity index (χ0v) is 11.9. The highest BCUT2D eigenvalue weighted by atomic mass is 19.1. The van der Waals surface area contributed by atoms with Crippen LogP contribution in [0.5, 0.6) is 5.75 Å². The fraction of sp³-hybridized carbons (Fsp3) is 0.235. The highest BCUT2D eigenvalue weighted by Crippen LogP contribution is 2.17. The van der Waals surface area contributed by atoms with Gasteiger partial charge >= 0.3 is 0 Å². The summed E-state index contributed by atoms with van der Waals surface area (Å²) in [4.78, 5) is 0. The van der Waals surface area contributed by atoms with E-state index in [0.29, 0.717) is 16.9 Å². The van der Waals surface area contributed by atoms with E-state index in [-0.39, 0.29) is 6.61 Å². The topological polar surface area (TPSA) is 45.0 Å². The Bertz CT molecular complexity index is 649. The zero-order valence-electron chi connectivity index (χ0n) is 11.9. The smallest absolute Gasteiger partial charge is 0.131 e. The molecule has 4 heteroatoms. The van der Waals surface area contributed by atoms with Crippen LogP contribution in [-0.2, 0) is 13.2 Å². The summed E-state index contributed by atoms with van der Waals surface area (Å²) in [5.41, 5.74) is 1.87. The van der Waals surface area contributed by atoms with Gasteiger partial charge in [0.1, 0.15) is 18.2 Å². The molecule has 0 bridgehead atoms. The largest absolute Gasteiger partial charge is 0.489 e. The fourth-order valence-electron chi connectivity index (χ4n) is 1.91. The number of hydrogen-bond donors (Lipinski definition) is 1. The number of nitrogens with zero attached hydrogens (tertiary/aromatic N) is 1. The third kappa shape index (κ3) is 4.30. The van der Waals surface area contributed by atoms with Crippen LogP contribution in [0.25, 0.3) is 0 Å². The summed E-state index contributed by atoms with van der Waals surface area (Å²) in [5, 5.41) is 11.9. The van der Waals surface area contributed by atoms with Crippen molar-refractivity contribution in [2.45, 2.75) is 20.1 Å². The molecule has 0 radical (unpaired) electrons. The Morgan fingerprint density at radius 3 is 2.81 bits per heavy atom. The highest BCUT2D eigenvalue weighted by Gasteiger charge is 2.05. The maximum Gasteiger partial charge on any atom is 0.131 e. The minimum Gasteiger partial charge on any atom is -0.489 e. The van der Waals surface area contributed by atoms with E-state index in [9.17, 15) is 4.39 Å². The first kappa shape index (κ1) is 15.0. The average molecular weight is 284 g/mol. The molecular formula is C17H17FN2O. The summed E-state index contributed by atoms with van der Waals surface area (Å²) >= 11 is 0. The summed E-state index contributed by atoms with van der Waals surface area (Å²) in [5.74, 6) is 0.284. The molecule has 3 nitrogen and oxygen atoms in total. The molecule has 0 aliphatic heterocycles. The van der Waals surface area contributed by atoms with E-state index in [4.69, 9.17) is 10.00 Å². The Morgan fingerprint density at radius 2 is 2.10 bits per heavy atom. The van der Waals surface area contributed by atoms with E-state index in [0.717, 1.165) is 18.7 Å². The Hall–Kier alpha value is -2.38. The predicted molar refractivity (Wildman–Crippen MR) is 79.3 cm³/mol.